The molecule has 9 nitrogen and oxygen atoms in total. The van der Waals surface area contributed by atoms with Gasteiger partial charge in [-0.1, -0.05) is 0 Å². The van der Waals surface area contributed by atoms with Gasteiger partial charge in [0.25, 0.3) is 5.91 Å². The molecule has 134 valence electrons. The van der Waals surface area contributed by atoms with Crippen molar-refractivity contribution in [2.24, 2.45) is 0 Å². The minimum absolute atomic E-state index is 0.0126. The third kappa shape index (κ3) is 3.74. The van der Waals surface area contributed by atoms with Crippen LogP contribution in [0, 0.1) is 11.3 Å². The van der Waals surface area contributed by atoms with Crippen molar-refractivity contribution in [2.45, 2.75) is 0 Å². The van der Waals surface area contributed by atoms with Crippen molar-refractivity contribution in [3.05, 3.63) is 65.6 Å². The predicted octanol–water partition coefficient (Wildman–Crippen LogP) is 2.10. The highest BCUT2D eigenvalue weighted by Gasteiger charge is 2.16. The minimum Gasteiger partial charge on any atom is -0.497 e. The van der Waals surface area contributed by atoms with E-state index in [1.807, 2.05) is 6.07 Å². The second-order valence-corrected chi connectivity index (χ2v) is 5.37. The van der Waals surface area contributed by atoms with Crippen LogP contribution in [0.1, 0.15) is 26.4 Å². The number of carboxylic acid groups (broad SMARTS) is 1. The number of nitrogens with zero attached hydrogens (tertiary/aromatic N) is 4. The zero-order chi connectivity index (χ0) is 19.4. The summed E-state index contributed by atoms with van der Waals surface area (Å²) in [4.78, 5) is 23.7. The second-order valence-electron chi connectivity index (χ2n) is 5.37. The number of amides is 1. The number of nitriles is 1. The van der Waals surface area contributed by atoms with Crippen molar-refractivity contribution in [1.82, 2.24) is 14.8 Å². The Morgan fingerprint density at radius 3 is 2.63 bits per heavy atom. The van der Waals surface area contributed by atoms with Crippen molar-refractivity contribution in [2.75, 3.05) is 12.4 Å². The number of rotatable bonds is 5. The largest absolute Gasteiger partial charge is 0.497 e. The van der Waals surface area contributed by atoms with Gasteiger partial charge in [0.2, 0.25) is 0 Å². The number of methoxy groups -OCH3 is 1. The molecule has 0 saturated heterocycles. The van der Waals surface area contributed by atoms with E-state index in [0.717, 1.165) is 0 Å². The first-order chi connectivity index (χ1) is 13.0. The highest BCUT2D eigenvalue weighted by molar-refractivity contribution is 6.06. The zero-order valence-corrected chi connectivity index (χ0v) is 14.1. The number of aromatic nitrogens is 3. The molecule has 0 bridgehead atoms. The number of hydrogen-bond acceptors (Lipinski definition) is 6. The number of ether oxygens (including phenoxy) is 1. The molecule has 0 aliphatic heterocycles. The van der Waals surface area contributed by atoms with Crippen LogP contribution in [0.25, 0.3) is 5.82 Å². The summed E-state index contributed by atoms with van der Waals surface area (Å²) in [7, 11) is 1.42. The van der Waals surface area contributed by atoms with E-state index in [0.29, 0.717) is 17.1 Å². The van der Waals surface area contributed by atoms with Gasteiger partial charge in [0.1, 0.15) is 11.8 Å². The number of carbonyl (C=O) groups is 2. The lowest BCUT2D eigenvalue weighted by molar-refractivity contribution is 0.0697. The molecular weight excluding hydrogens is 350 g/mol. The summed E-state index contributed by atoms with van der Waals surface area (Å²) in [5.74, 6) is -1.01. The standard InChI is InChI=1S/C18H13N5O4/c1-27-12-2-3-14(13(8-12)18(25)26)20-17(24)15-4-5-16(22-21-15)23-7-6-11(9-19)10-23/h2-8,10H,1H3,(H,20,24)(H,25,26). The molecule has 0 radical (unpaired) electrons. The molecule has 3 rings (SSSR count). The number of benzene rings is 1. The minimum atomic E-state index is -1.20. The molecule has 0 atom stereocenters. The van der Waals surface area contributed by atoms with Gasteiger partial charge in [0, 0.05) is 12.4 Å². The van der Waals surface area contributed by atoms with E-state index in [4.69, 9.17) is 10.00 Å². The Morgan fingerprint density at radius 2 is 2.04 bits per heavy atom. The van der Waals surface area contributed by atoms with Crippen LogP contribution in [-0.2, 0) is 0 Å². The van der Waals surface area contributed by atoms with Crippen molar-refractivity contribution in [3.8, 4) is 17.6 Å². The Morgan fingerprint density at radius 1 is 1.22 bits per heavy atom. The normalized spacial score (nSPS) is 10.1. The second kappa shape index (κ2) is 7.37. The number of aromatic carboxylic acids is 1. The molecular formula is C18H13N5O4. The van der Waals surface area contributed by atoms with Crippen LogP contribution < -0.4 is 10.1 Å². The smallest absolute Gasteiger partial charge is 0.337 e. The Bertz CT molecular complexity index is 1050. The summed E-state index contributed by atoms with van der Waals surface area (Å²) in [6, 6.07) is 10.9. The molecule has 2 heterocycles. The molecule has 9 heteroatoms. The molecule has 0 saturated carbocycles. The summed E-state index contributed by atoms with van der Waals surface area (Å²) in [6.07, 6.45) is 3.24. The maximum Gasteiger partial charge on any atom is 0.337 e. The molecule has 0 spiro atoms. The zero-order valence-electron chi connectivity index (χ0n) is 14.1. The topological polar surface area (TPSA) is 130 Å². The number of carboxylic acids is 1. The van der Waals surface area contributed by atoms with Gasteiger partial charge in [0.05, 0.1) is 23.9 Å². The molecule has 3 aromatic rings. The molecule has 0 unspecified atom stereocenters. The van der Waals surface area contributed by atoms with Gasteiger partial charge in [-0.3, -0.25) is 4.79 Å². The Kier molecular flexibility index (Phi) is 4.81. The van der Waals surface area contributed by atoms with Crippen LogP contribution in [0.2, 0.25) is 0 Å². The first-order valence-corrected chi connectivity index (χ1v) is 7.66. The molecule has 1 aromatic carbocycles. The molecule has 2 aromatic heterocycles. The molecule has 0 aliphatic carbocycles. The number of nitrogens with one attached hydrogen (secondary N) is 1. The van der Waals surface area contributed by atoms with Gasteiger partial charge in [-0.2, -0.15) is 5.26 Å². The Hall–Kier alpha value is -4.19. The highest BCUT2D eigenvalue weighted by atomic mass is 16.5. The average Bonchev–Trinajstić information content (AvgIpc) is 3.17. The summed E-state index contributed by atoms with van der Waals surface area (Å²) in [5, 5.41) is 28.5. The van der Waals surface area contributed by atoms with Gasteiger partial charge in [-0.25, -0.2) is 4.79 Å². The van der Waals surface area contributed by atoms with Gasteiger partial charge < -0.3 is 19.7 Å². The van der Waals surface area contributed by atoms with E-state index >= 15 is 0 Å². The van der Waals surface area contributed by atoms with Crippen LogP contribution >= 0.6 is 0 Å². The van der Waals surface area contributed by atoms with Crippen molar-refractivity contribution in [1.29, 1.82) is 5.26 Å². The summed E-state index contributed by atoms with van der Waals surface area (Å²) < 4.78 is 6.59. The van der Waals surface area contributed by atoms with Crippen LogP contribution in [0.5, 0.6) is 5.75 Å². The molecule has 2 N–H and O–H groups in total. The van der Waals surface area contributed by atoms with E-state index in [1.54, 1.807) is 29.1 Å². The van der Waals surface area contributed by atoms with Crippen molar-refractivity contribution in [3.63, 3.8) is 0 Å². The van der Waals surface area contributed by atoms with Gasteiger partial charge in [0.15, 0.2) is 11.5 Å². The van der Waals surface area contributed by atoms with E-state index in [2.05, 4.69) is 15.5 Å². The van der Waals surface area contributed by atoms with Crippen LogP contribution in [-0.4, -0.2) is 38.9 Å². The van der Waals surface area contributed by atoms with Crippen LogP contribution in [0.3, 0.4) is 0 Å². The van der Waals surface area contributed by atoms with Crippen LogP contribution in [0.15, 0.2) is 48.8 Å². The Labute approximate surface area is 153 Å². The maximum atomic E-state index is 12.4. The van der Waals surface area contributed by atoms with Gasteiger partial charge >= 0.3 is 5.97 Å². The monoisotopic (exact) mass is 363 g/mol. The highest BCUT2D eigenvalue weighted by Crippen LogP contribution is 2.22. The fourth-order valence-electron chi connectivity index (χ4n) is 2.31. The molecule has 0 aliphatic rings. The number of hydrogen-bond donors (Lipinski definition) is 2. The Balaban J connectivity index is 1.81. The van der Waals surface area contributed by atoms with Crippen molar-refractivity contribution >= 4 is 17.6 Å². The molecule has 0 fully saturated rings. The van der Waals surface area contributed by atoms with E-state index in [-0.39, 0.29) is 16.9 Å². The summed E-state index contributed by atoms with van der Waals surface area (Å²) >= 11 is 0. The van der Waals surface area contributed by atoms with Gasteiger partial charge in [-0.15, -0.1) is 10.2 Å². The van der Waals surface area contributed by atoms with Crippen molar-refractivity contribution < 1.29 is 19.4 Å². The average molecular weight is 363 g/mol. The maximum absolute atomic E-state index is 12.4. The lowest BCUT2D eigenvalue weighted by atomic mass is 10.1. The van der Waals surface area contributed by atoms with E-state index < -0.39 is 11.9 Å². The van der Waals surface area contributed by atoms with Crippen LogP contribution in [0.4, 0.5) is 5.69 Å². The van der Waals surface area contributed by atoms with E-state index in [9.17, 15) is 14.7 Å². The fourth-order valence-corrected chi connectivity index (χ4v) is 2.31. The third-order valence-electron chi connectivity index (χ3n) is 3.67. The lowest BCUT2D eigenvalue weighted by Crippen LogP contribution is -2.17. The van der Waals surface area contributed by atoms with E-state index in [1.165, 1.54) is 31.4 Å². The molecule has 27 heavy (non-hydrogen) atoms. The predicted molar refractivity (Wildman–Crippen MR) is 94.0 cm³/mol. The first-order valence-electron chi connectivity index (χ1n) is 7.66. The SMILES string of the molecule is COc1ccc(NC(=O)c2ccc(-n3ccc(C#N)c3)nn2)c(C(=O)O)c1. The number of carbonyl (C=O) groups excluding carboxylic acids is 1. The lowest BCUT2D eigenvalue weighted by Gasteiger charge is -2.10. The fraction of sp³-hybridized carbons (Fsp3) is 0.0556. The molecule has 1 amide bonds. The quantitative estimate of drug-likeness (QED) is 0.710. The first kappa shape index (κ1) is 17.6. The summed E-state index contributed by atoms with van der Waals surface area (Å²) in [6.45, 7) is 0. The number of anilines is 1. The van der Waals surface area contributed by atoms with Gasteiger partial charge in [-0.05, 0) is 36.4 Å². The third-order valence-corrected chi connectivity index (χ3v) is 3.67. The summed E-state index contributed by atoms with van der Waals surface area (Å²) in [5.41, 5.74) is 0.491.